The van der Waals surface area contributed by atoms with Crippen LogP contribution in [0.1, 0.15) is 25.0 Å². The predicted octanol–water partition coefficient (Wildman–Crippen LogP) is 4.12. The van der Waals surface area contributed by atoms with Crippen LogP contribution in [0.3, 0.4) is 0 Å². The van der Waals surface area contributed by atoms with Crippen LogP contribution in [-0.4, -0.2) is 69.5 Å². The van der Waals surface area contributed by atoms with Gasteiger partial charge in [-0.25, -0.2) is 0 Å². The van der Waals surface area contributed by atoms with Crippen LogP contribution in [0, 0.1) is 31.6 Å². The predicted molar refractivity (Wildman–Crippen MR) is 163 cm³/mol. The quantitative estimate of drug-likeness (QED) is 0.546. The molecule has 7 nitrogen and oxygen atoms in total. The topological polar surface area (TPSA) is 81.2 Å². The molecule has 3 amide bonds. The van der Waals surface area contributed by atoms with E-state index in [2.05, 4.69) is 6.08 Å². The van der Waals surface area contributed by atoms with Crippen molar-refractivity contribution in [2.45, 2.75) is 49.8 Å². The summed E-state index contributed by atoms with van der Waals surface area (Å²) in [6.45, 7) is 8.45. The van der Waals surface area contributed by atoms with Crippen molar-refractivity contribution in [2.24, 2.45) is 17.8 Å². The molecule has 1 spiro atoms. The minimum absolute atomic E-state index is 0.0830. The monoisotopic (exact) mass is 571 g/mol. The molecule has 2 saturated heterocycles. The van der Waals surface area contributed by atoms with Gasteiger partial charge >= 0.3 is 0 Å². The van der Waals surface area contributed by atoms with Crippen LogP contribution in [0.5, 0.6) is 0 Å². The van der Waals surface area contributed by atoms with E-state index in [9.17, 15) is 19.5 Å². The van der Waals surface area contributed by atoms with Gasteiger partial charge < -0.3 is 19.8 Å². The van der Waals surface area contributed by atoms with Crippen molar-refractivity contribution >= 4 is 40.9 Å². The maximum atomic E-state index is 14.8. The third-order valence-electron chi connectivity index (χ3n) is 9.13. The van der Waals surface area contributed by atoms with Crippen LogP contribution >= 0.6 is 11.8 Å². The van der Waals surface area contributed by atoms with Crippen molar-refractivity contribution in [3.63, 3.8) is 0 Å². The highest BCUT2D eigenvalue weighted by Gasteiger charge is 2.72. The smallest absolute Gasteiger partial charge is 0.251 e. The Morgan fingerprint density at radius 2 is 1.68 bits per heavy atom. The average Bonchev–Trinajstić information content (AvgIpc) is 3.26. The van der Waals surface area contributed by atoms with E-state index in [1.165, 1.54) is 0 Å². The van der Waals surface area contributed by atoms with E-state index in [0.29, 0.717) is 13.1 Å². The Labute approximate surface area is 245 Å². The first-order valence-corrected chi connectivity index (χ1v) is 15.3. The molecule has 2 aromatic carbocycles. The van der Waals surface area contributed by atoms with Gasteiger partial charge in [0.2, 0.25) is 11.8 Å². The molecule has 1 N–H and O–H groups in total. The van der Waals surface area contributed by atoms with E-state index in [-0.39, 0.29) is 35.5 Å². The lowest BCUT2D eigenvalue weighted by Gasteiger charge is -2.40. The van der Waals surface area contributed by atoms with E-state index >= 15 is 0 Å². The molecule has 0 aliphatic carbocycles. The molecule has 0 aromatic heterocycles. The normalized spacial score (nSPS) is 29.9. The van der Waals surface area contributed by atoms with Crippen LogP contribution in [0.25, 0.3) is 0 Å². The van der Waals surface area contributed by atoms with Gasteiger partial charge in [0.25, 0.3) is 5.91 Å². The Balaban J connectivity index is 1.49. The van der Waals surface area contributed by atoms with Gasteiger partial charge in [0.1, 0.15) is 6.04 Å². The van der Waals surface area contributed by atoms with E-state index in [4.69, 9.17) is 0 Å². The van der Waals surface area contributed by atoms with Gasteiger partial charge in [-0.05, 0) is 49.1 Å². The summed E-state index contributed by atoms with van der Waals surface area (Å²) in [6.07, 6.45) is 8.09. The number of hydrogen-bond acceptors (Lipinski definition) is 5. The van der Waals surface area contributed by atoms with Crippen molar-refractivity contribution < 1.29 is 19.5 Å². The van der Waals surface area contributed by atoms with Crippen molar-refractivity contribution in [1.29, 1.82) is 0 Å². The minimum Gasteiger partial charge on any atom is -0.394 e. The summed E-state index contributed by atoms with van der Waals surface area (Å²) in [5, 5.41) is 10.3. The molecule has 4 aliphatic rings. The first-order chi connectivity index (χ1) is 19.7. The number of carbonyl (C=O) groups excluding carboxylic acids is 3. The molecular formula is C33H37N3O4S. The average molecular weight is 572 g/mol. The Hall–Kier alpha value is -3.36. The fraction of sp³-hybridized carbons (Fsp3) is 0.424. The maximum Gasteiger partial charge on any atom is 0.251 e. The third kappa shape index (κ3) is 4.26. The molecule has 2 aromatic rings. The minimum atomic E-state index is -0.933. The number of aliphatic hydroxyl groups excluding tert-OH is 1. The Morgan fingerprint density at radius 1 is 0.951 bits per heavy atom. The zero-order valence-corrected chi connectivity index (χ0v) is 24.8. The second-order valence-electron chi connectivity index (χ2n) is 11.9. The molecule has 4 aliphatic heterocycles. The number of likely N-dealkylation sites (tertiary alicyclic amines) is 1. The zero-order chi connectivity index (χ0) is 29.1. The van der Waals surface area contributed by atoms with Crippen LogP contribution in [0.2, 0.25) is 0 Å². The molecule has 0 bridgehead atoms. The molecule has 2 fully saturated rings. The lowest BCUT2D eigenvalue weighted by atomic mass is 9.78. The summed E-state index contributed by atoms with van der Waals surface area (Å²) < 4.78 is -0.933. The summed E-state index contributed by atoms with van der Waals surface area (Å²) in [5.74, 6) is -1.93. The number of benzene rings is 2. The number of rotatable bonds is 5. The molecule has 6 rings (SSSR count). The van der Waals surface area contributed by atoms with Crippen LogP contribution in [-0.2, 0) is 14.4 Å². The molecule has 8 heteroatoms. The Morgan fingerprint density at radius 3 is 2.39 bits per heavy atom. The second kappa shape index (κ2) is 10.5. The van der Waals surface area contributed by atoms with Crippen LogP contribution in [0.4, 0.5) is 11.4 Å². The van der Waals surface area contributed by atoms with Gasteiger partial charge in [-0.2, -0.15) is 0 Å². The molecule has 0 saturated carbocycles. The largest absolute Gasteiger partial charge is 0.394 e. The Kier molecular flexibility index (Phi) is 7.10. The van der Waals surface area contributed by atoms with Gasteiger partial charge in [-0.3, -0.25) is 14.4 Å². The number of aryl methyl sites for hydroxylation is 2. The highest BCUT2D eigenvalue weighted by Crippen LogP contribution is 2.61. The number of carbonyl (C=O) groups is 3. The molecule has 0 radical (unpaired) electrons. The summed E-state index contributed by atoms with van der Waals surface area (Å²) in [4.78, 5) is 48.9. The molecule has 4 heterocycles. The molecule has 41 heavy (non-hydrogen) atoms. The second-order valence-corrected chi connectivity index (χ2v) is 13.4. The fourth-order valence-electron chi connectivity index (χ4n) is 7.12. The zero-order valence-electron chi connectivity index (χ0n) is 23.9. The van der Waals surface area contributed by atoms with Gasteiger partial charge in [0.15, 0.2) is 0 Å². The first kappa shape index (κ1) is 27.8. The number of hydrogen-bond donors (Lipinski definition) is 1. The Bertz CT molecular complexity index is 1440. The number of thioether (sulfide) groups is 1. The first-order valence-electron chi connectivity index (χ1n) is 14.4. The standard InChI is InChI=1S/C33H37N3O4S/c1-20(2)25(19-37)36-29-32(40)35(24-18-21(3)13-14-22(24)4)17-9-15-33(29)28(31(36)39)27-26(41-33)12-8-16-34(30(27)38)23-10-6-5-7-11-23/h5-15,18,20,25-29,37H,16-17,19H2,1-4H3/t25-,26-,27+,28-,29?,33-/m0/s1. The highest BCUT2D eigenvalue weighted by atomic mass is 32.2. The maximum absolute atomic E-state index is 14.8. The number of fused-ring (bicyclic) bond motifs is 2. The van der Waals surface area contributed by atoms with Crippen LogP contribution < -0.4 is 9.80 Å². The molecule has 214 valence electrons. The fourth-order valence-corrected chi connectivity index (χ4v) is 9.11. The molecule has 6 atom stereocenters. The number of anilines is 2. The summed E-state index contributed by atoms with van der Waals surface area (Å²) >= 11 is 1.57. The lowest BCUT2D eigenvalue weighted by Crippen LogP contribution is -2.57. The number of nitrogens with zero attached hydrogens (tertiary/aromatic N) is 3. The number of amides is 3. The SMILES string of the molecule is Cc1ccc(C)c(N2CC=C[C@]34S[C@H]5C=CCN(c6ccccc6)C(=O)[C@H]5[C@H]3C(=O)N([C@@H](CO)C(C)C)C4C2=O)c1. The van der Waals surface area contributed by atoms with E-state index in [1.54, 1.807) is 26.5 Å². The van der Waals surface area contributed by atoms with Gasteiger partial charge in [0, 0.05) is 29.7 Å². The van der Waals surface area contributed by atoms with E-state index < -0.39 is 28.7 Å². The number of aliphatic hydroxyl groups is 1. The van der Waals surface area contributed by atoms with Gasteiger partial charge in [-0.15, -0.1) is 11.8 Å². The van der Waals surface area contributed by atoms with Crippen LogP contribution in [0.15, 0.2) is 72.8 Å². The van der Waals surface area contributed by atoms with Crippen molar-refractivity contribution in [3.05, 3.63) is 84.0 Å². The summed E-state index contributed by atoms with van der Waals surface area (Å²) in [6, 6.07) is 14.2. The van der Waals surface area contributed by atoms with E-state index in [0.717, 1.165) is 22.5 Å². The molecule has 1 unspecified atom stereocenters. The number of para-hydroxylation sites is 1. The van der Waals surface area contributed by atoms with Gasteiger partial charge in [-0.1, -0.05) is 68.5 Å². The van der Waals surface area contributed by atoms with Crippen molar-refractivity contribution in [3.8, 4) is 0 Å². The summed E-state index contributed by atoms with van der Waals surface area (Å²) in [7, 11) is 0. The highest BCUT2D eigenvalue weighted by molar-refractivity contribution is 8.02. The lowest BCUT2D eigenvalue weighted by molar-refractivity contribution is -0.142. The van der Waals surface area contributed by atoms with Crippen molar-refractivity contribution in [1.82, 2.24) is 4.90 Å². The van der Waals surface area contributed by atoms with E-state index in [1.807, 2.05) is 94.5 Å². The third-order valence-corrected chi connectivity index (χ3v) is 10.9. The van der Waals surface area contributed by atoms with Gasteiger partial charge in [0.05, 0.1) is 29.2 Å². The molecular weight excluding hydrogens is 534 g/mol. The summed E-state index contributed by atoms with van der Waals surface area (Å²) in [5.41, 5.74) is 3.63. The van der Waals surface area contributed by atoms with Crippen molar-refractivity contribution in [2.75, 3.05) is 29.5 Å².